The van der Waals surface area contributed by atoms with E-state index in [0.29, 0.717) is 43.5 Å². The zero-order valence-corrected chi connectivity index (χ0v) is 21.9. The van der Waals surface area contributed by atoms with Gasteiger partial charge in [0.25, 0.3) is 11.8 Å². The lowest BCUT2D eigenvalue weighted by molar-refractivity contribution is -0.150. The normalized spacial score (nSPS) is 19.6. The minimum Gasteiger partial charge on any atom is -0.496 e. The van der Waals surface area contributed by atoms with Crippen LogP contribution in [-0.2, 0) is 4.79 Å². The summed E-state index contributed by atoms with van der Waals surface area (Å²) in [5.41, 5.74) is -0.309. The number of carboxylic acid groups (broad SMARTS) is 1. The van der Waals surface area contributed by atoms with Gasteiger partial charge in [-0.15, -0.1) is 0 Å². The van der Waals surface area contributed by atoms with Gasteiger partial charge in [-0.2, -0.15) is 0 Å². The second-order valence-corrected chi connectivity index (χ2v) is 10.9. The minimum atomic E-state index is -0.854. The summed E-state index contributed by atoms with van der Waals surface area (Å²) in [6.45, 7) is 8.15. The molecule has 200 valence electrons. The molecule has 0 atom stereocenters. The number of methoxy groups -OCH3 is 1. The van der Waals surface area contributed by atoms with Crippen LogP contribution < -0.4 is 20.1 Å². The van der Waals surface area contributed by atoms with Crippen LogP contribution in [0.15, 0.2) is 36.4 Å². The van der Waals surface area contributed by atoms with Crippen molar-refractivity contribution in [1.29, 1.82) is 0 Å². The fourth-order valence-electron chi connectivity index (χ4n) is 4.13. The fourth-order valence-corrected chi connectivity index (χ4v) is 4.13. The molecular weight excluding hydrogens is 479 g/mol. The van der Waals surface area contributed by atoms with Crippen molar-refractivity contribution in [1.82, 2.24) is 5.32 Å². The maximum Gasteiger partial charge on any atom is 0.309 e. The smallest absolute Gasteiger partial charge is 0.309 e. The molecule has 1 saturated carbocycles. The summed E-state index contributed by atoms with van der Waals surface area (Å²) in [6, 6.07) is 8.97. The summed E-state index contributed by atoms with van der Waals surface area (Å²) in [4.78, 5) is 37.5. The lowest BCUT2D eigenvalue weighted by atomic mass is 9.75. The highest BCUT2D eigenvalue weighted by atomic mass is 19.1. The average molecular weight is 515 g/mol. The minimum absolute atomic E-state index is 0.0131. The van der Waals surface area contributed by atoms with Crippen molar-refractivity contribution in [3.05, 3.63) is 53.3 Å². The molecule has 8 nitrogen and oxygen atoms in total. The van der Waals surface area contributed by atoms with Crippen molar-refractivity contribution in [2.75, 3.05) is 19.0 Å². The van der Waals surface area contributed by atoms with Crippen molar-refractivity contribution < 1.29 is 33.4 Å². The summed E-state index contributed by atoms with van der Waals surface area (Å²) in [5.74, 6) is -2.58. The van der Waals surface area contributed by atoms with Crippen LogP contribution in [0.1, 0.15) is 74.1 Å². The van der Waals surface area contributed by atoms with E-state index in [0.717, 1.165) is 6.07 Å². The molecule has 0 aromatic heterocycles. The van der Waals surface area contributed by atoms with Crippen LogP contribution in [0.5, 0.6) is 11.5 Å². The number of carboxylic acids is 1. The number of rotatable bonds is 8. The highest BCUT2D eigenvalue weighted by Gasteiger charge is 2.38. The average Bonchev–Trinajstić information content (AvgIpc) is 2.84. The van der Waals surface area contributed by atoms with E-state index >= 15 is 0 Å². The van der Waals surface area contributed by atoms with Crippen molar-refractivity contribution >= 4 is 23.5 Å². The fraction of sp³-hybridized carbons (Fsp3) is 0.464. The molecule has 0 radical (unpaired) electrons. The highest BCUT2D eigenvalue weighted by molar-refractivity contribution is 6.10. The van der Waals surface area contributed by atoms with Gasteiger partial charge in [0.15, 0.2) is 11.6 Å². The van der Waals surface area contributed by atoms with E-state index in [1.165, 1.54) is 13.2 Å². The zero-order chi connectivity index (χ0) is 27.4. The van der Waals surface area contributed by atoms with Gasteiger partial charge >= 0.3 is 5.97 Å². The summed E-state index contributed by atoms with van der Waals surface area (Å²) >= 11 is 0. The quantitative estimate of drug-likeness (QED) is 0.442. The van der Waals surface area contributed by atoms with Gasteiger partial charge in [0.05, 0.1) is 35.4 Å². The summed E-state index contributed by atoms with van der Waals surface area (Å²) < 4.78 is 25.9. The van der Waals surface area contributed by atoms with Crippen molar-refractivity contribution in [2.24, 2.45) is 10.8 Å². The van der Waals surface area contributed by atoms with Crippen molar-refractivity contribution in [3.8, 4) is 11.5 Å². The first-order valence-electron chi connectivity index (χ1n) is 12.3. The molecule has 0 spiro atoms. The number of amides is 2. The van der Waals surface area contributed by atoms with Gasteiger partial charge in [0, 0.05) is 12.6 Å². The predicted molar refractivity (Wildman–Crippen MR) is 138 cm³/mol. The number of ether oxygens (including phenoxy) is 2. The molecule has 37 heavy (non-hydrogen) atoms. The van der Waals surface area contributed by atoms with Gasteiger partial charge in [-0.1, -0.05) is 32.9 Å². The molecule has 1 aliphatic rings. The first kappa shape index (κ1) is 28.0. The number of carbonyl (C=O) groups is 3. The number of nitrogens with one attached hydrogen (secondary N) is 2. The second kappa shape index (κ2) is 11.2. The number of benzene rings is 2. The third-order valence-electron chi connectivity index (χ3n) is 6.54. The van der Waals surface area contributed by atoms with E-state index in [-0.39, 0.29) is 34.5 Å². The van der Waals surface area contributed by atoms with Crippen LogP contribution in [-0.4, -0.2) is 42.6 Å². The molecule has 2 amide bonds. The molecule has 0 heterocycles. The van der Waals surface area contributed by atoms with E-state index in [1.54, 1.807) is 31.2 Å². The number of carbonyl (C=O) groups excluding carboxylic acids is 2. The summed E-state index contributed by atoms with van der Waals surface area (Å²) in [5, 5.41) is 15.0. The first-order valence-corrected chi connectivity index (χ1v) is 12.3. The van der Waals surface area contributed by atoms with Gasteiger partial charge in [0.1, 0.15) is 5.75 Å². The van der Waals surface area contributed by atoms with Crippen molar-refractivity contribution in [3.63, 3.8) is 0 Å². The number of hydrogen-bond donors (Lipinski definition) is 3. The standard InChI is InChI=1S/C28H35FN2O6/c1-27(2,3)16-30-24(32)18-8-6-7-9-21(18)31-25(33)19-14-23(20(29)15-22(19)36-5)37-17-10-12-28(4,13-11-17)26(34)35/h6-9,14-15,17H,10-13,16H2,1-5H3,(H,30,32)(H,31,33)(H,34,35). The number of hydrogen-bond acceptors (Lipinski definition) is 5. The Labute approximate surface area is 216 Å². The molecule has 9 heteroatoms. The van der Waals surface area contributed by atoms with E-state index < -0.39 is 23.1 Å². The summed E-state index contributed by atoms with van der Waals surface area (Å²) in [7, 11) is 1.33. The molecule has 0 unspecified atom stereocenters. The molecule has 2 aromatic carbocycles. The molecule has 1 fully saturated rings. The summed E-state index contributed by atoms with van der Waals surface area (Å²) in [6.07, 6.45) is 1.34. The lowest BCUT2D eigenvalue weighted by Gasteiger charge is -2.34. The Morgan fingerprint density at radius 1 is 1.05 bits per heavy atom. The van der Waals surface area contributed by atoms with Gasteiger partial charge < -0.3 is 25.2 Å². The first-order chi connectivity index (χ1) is 17.3. The third-order valence-corrected chi connectivity index (χ3v) is 6.54. The molecule has 0 saturated heterocycles. The van der Waals surface area contributed by atoms with Crippen LogP contribution in [0.4, 0.5) is 10.1 Å². The van der Waals surface area contributed by atoms with Crippen LogP contribution >= 0.6 is 0 Å². The Morgan fingerprint density at radius 2 is 1.70 bits per heavy atom. The SMILES string of the molecule is COc1cc(F)c(OC2CCC(C)(C(=O)O)CC2)cc1C(=O)Nc1ccccc1C(=O)NCC(C)(C)C. The number of halogens is 1. The molecular formula is C28H35FN2O6. The number of aliphatic carboxylic acids is 1. The molecule has 3 rings (SSSR count). The maximum atomic E-state index is 14.8. The van der Waals surface area contributed by atoms with Gasteiger partial charge in [-0.3, -0.25) is 14.4 Å². The van der Waals surface area contributed by atoms with E-state index in [9.17, 15) is 23.9 Å². The molecule has 1 aliphatic carbocycles. The molecule has 0 bridgehead atoms. The Balaban J connectivity index is 1.79. The van der Waals surface area contributed by atoms with Gasteiger partial charge in [-0.25, -0.2) is 4.39 Å². The maximum absolute atomic E-state index is 14.8. The lowest BCUT2D eigenvalue weighted by Crippen LogP contribution is -2.36. The molecule has 2 aromatic rings. The van der Waals surface area contributed by atoms with Crippen LogP contribution in [0.2, 0.25) is 0 Å². The Kier molecular flexibility index (Phi) is 8.46. The van der Waals surface area contributed by atoms with Crippen LogP contribution in [0.3, 0.4) is 0 Å². The third kappa shape index (κ3) is 6.99. The monoisotopic (exact) mass is 514 g/mol. The molecule has 3 N–H and O–H groups in total. The largest absolute Gasteiger partial charge is 0.496 e. The Morgan fingerprint density at radius 3 is 2.30 bits per heavy atom. The van der Waals surface area contributed by atoms with E-state index in [1.807, 2.05) is 20.8 Å². The predicted octanol–water partition coefficient (Wildman–Crippen LogP) is 5.27. The van der Waals surface area contributed by atoms with Gasteiger partial charge in [0.2, 0.25) is 0 Å². The topological polar surface area (TPSA) is 114 Å². The Hall–Kier alpha value is -3.62. The highest BCUT2D eigenvalue weighted by Crippen LogP contribution is 2.38. The van der Waals surface area contributed by atoms with E-state index in [2.05, 4.69) is 10.6 Å². The van der Waals surface area contributed by atoms with E-state index in [4.69, 9.17) is 9.47 Å². The zero-order valence-electron chi connectivity index (χ0n) is 21.9. The van der Waals surface area contributed by atoms with Gasteiger partial charge in [-0.05, 0) is 56.2 Å². The number of anilines is 1. The van der Waals surface area contributed by atoms with Crippen LogP contribution in [0.25, 0.3) is 0 Å². The van der Waals surface area contributed by atoms with Crippen molar-refractivity contribution in [2.45, 2.75) is 59.5 Å². The second-order valence-electron chi connectivity index (χ2n) is 10.9. The number of para-hydroxylation sites is 1. The Bertz CT molecular complexity index is 1170. The van der Waals surface area contributed by atoms with Crippen LogP contribution in [0, 0.1) is 16.6 Å². The molecule has 0 aliphatic heterocycles.